The van der Waals surface area contributed by atoms with Crippen molar-refractivity contribution in [3.63, 3.8) is 0 Å². The van der Waals surface area contributed by atoms with Crippen LogP contribution in [0.5, 0.6) is 0 Å². The minimum atomic E-state index is -0.127. The van der Waals surface area contributed by atoms with E-state index in [9.17, 15) is 4.79 Å². The van der Waals surface area contributed by atoms with Crippen LogP contribution in [0.25, 0.3) is 11.0 Å². The highest BCUT2D eigenvalue weighted by atomic mass is 16.1. The third-order valence-electron chi connectivity index (χ3n) is 5.85. The maximum absolute atomic E-state index is 11.9. The zero-order chi connectivity index (χ0) is 19.7. The van der Waals surface area contributed by atoms with E-state index in [1.807, 2.05) is 12.4 Å². The topological polar surface area (TPSA) is 77.6 Å². The van der Waals surface area contributed by atoms with Crippen LogP contribution in [0.2, 0.25) is 0 Å². The van der Waals surface area contributed by atoms with Crippen LogP contribution in [0.4, 0.5) is 11.6 Å². The van der Waals surface area contributed by atoms with Crippen LogP contribution in [0.1, 0.15) is 52.5 Å². The molecule has 148 valence electrons. The summed E-state index contributed by atoms with van der Waals surface area (Å²) in [4.78, 5) is 21.1. The summed E-state index contributed by atoms with van der Waals surface area (Å²) in [6, 6.07) is 1.94. The Bertz CT molecular complexity index is 972. The van der Waals surface area contributed by atoms with Crippen molar-refractivity contribution >= 4 is 28.5 Å². The Balaban J connectivity index is 1.54. The van der Waals surface area contributed by atoms with Gasteiger partial charge in [0, 0.05) is 36.9 Å². The normalized spacial score (nSPS) is 18.3. The first kappa shape index (κ1) is 18.7. The molecule has 4 rings (SSSR count). The molecule has 0 spiro atoms. The molecule has 3 heterocycles. The number of hydrogen-bond acceptors (Lipinski definition) is 5. The number of nitrogens with zero attached hydrogens (tertiary/aromatic N) is 5. The fourth-order valence-electron chi connectivity index (χ4n) is 4.02. The van der Waals surface area contributed by atoms with Gasteiger partial charge in [0.2, 0.25) is 5.95 Å². The number of carbonyl (C=O) groups excluding carboxylic acids is 1. The van der Waals surface area contributed by atoms with Gasteiger partial charge >= 0.3 is 0 Å². The number of anilines is 2. The molecule has 3 aromatic rings. The van der Waals surface area contributed by atoms with Crippen molar-refractivity contribution in [2.75, 3.05) is 5.32 Å². The SMILES string of the molecule is CC[C@H](Cn1ccc2cnc(Nc3cnn([C@@H]4CCCC4=O)c3)nc21)C(C)C. The van der Waals surface area contributed by atoms with Crippen molar-refractivity contribution in [1.29, 1.82) is 0 Å². The first-order chi connectivity index (χ1) is 13.5. The summed E-state index contributed by atoms with van der Waals surface area (Å²) in [5, 5.41) is 8.63. The summed E-state index contributed by atoms with van der Waals surface area (Å²) in [6.07, 6.45) is 11.1. The first-order valence-corrected chi connectivity index (χ1v) is 10.2. The predicted molar refractivity (Wildman–Crippen MR) is 110 cm³/mol. The molecule has 1 fully saturated rings. The van der Waals surface area contributed by atoms with Gasteiger partial charge in [0.15, 0.2) is 5.78 Å². The number of Topliss-reactive ketones (excluding diaryl/α,β-unsaturated/α-hetero) is 1. The van der Waals surface area contributed by atoms with E-state index < -0.39 is 0 Å². The second kappa shape index (κ2) is 7.73. The molecule has 2 atom stereocenters. The second-order valence-corrected chi connectivity index (χ2v) is 8.06. The first-order valence-electron chi connectivity index (χ1n) is 10.2. The van der Waals surface area contributed by atoms with Crippen molar-refractivity contribution in [1.82, 2.24) is 24.3 Å². The van der Waals surface area contributed by atoms with E-state index in [1.165, 1.54) is 0 Å². The van der Waals surface area contributed by atoms with Crippen molar-refractivity contribution in [3.05, 3.63) is 30.9 Å². The van der Waals surface area contributed by atoms with Crippen molar-refractivity contribution in [2.24, 2.45) is 11.8 Å². The molecule has 1 aliphatic carbocycles. The lowest BCUT2D eigenvalue weighted by Crippen LogP contribution is -2.15. The molecular weight excluding hydrogens is 352 g/mol. The number of nitrogens with one attached hydrogen (secondary N) is 1. The molecule has 0 saturated heterocycles. The molecule has 7 heteroatoms. The summed E-state index contributed by atoms with van der Waals surface area (Å²) in [7, 11) is 0. The van der Waals surface area contributed by atoms with Crippen LogP contribution in [-0.2, 0) is 11.3 Å². The molecule has 0 unspecified atom stereocenters. The molecule has 0 radical (unpaired) electrons. The molecule has 0 aliphatic heterocycles. The van der Waals surface area contributed by atoms with Crippen LogP contribution in [0.15, 0.2) is 30.9 Å². The van der Waals surface area contributed by atoms with Crippen LogP contribution in [0, 0.1) is 11.8 Å². The van der Waals surface area contributed by atoms with Gasteiger partial charge in [0.05, 0.1) is 11.9 Å². The minimum Gasteiger partial charge on any atom is -0.332 e. The highest BCUT2D eigenvalue weighted by Crippen LogP contribution is 2.27. The molecule has 0 aromatic carbocycles. The van der Waals surface area contributed by atoms with E-state index in [0.717, 1.165) is 42.5 Å². The number of aromatic nitrogens is 5. The highest BCUT2D eigenvalue weighted by Gasteiger charge is 2.26. The van der Waals surface area contributed by atoms with Crippen LogP contribution < -0.4 is 5.32 Å². The van der Waals surface area contributed by atoms with E-state index in [4.69, 9.17) is 4.98 Å². The fourth-order valence-corrected chi connectivity index (χ4v) is 4.02. The molecule has 1 saturated carbocycles. The Labute approximate surface area is 165 Å². The highest BCUT2D eigenvalue weighted by molar-refractivity contribution is 5.84. The monoisotopic (exact) mass is 380 g/mol. The minimum absolute atomic E-state index is 0.127. The maximum Gasteiger partial charge on any atom is 0.229 e. The molecule has 3 aromatic heterocycles. The van der Waals surface area contributed by atoms with Gasteiger partial charge in [-0.05, 0) is 30.7 Å². The standard InChI is InChI=1S/C21H28N6O/c1-4-15(14(2)3)12-26-9-8-16-10-22-21(25-20(16)26)24-17-11-23-27(13-17)18-6-5-7-19(18)28/h8-11,13-15,18H,4-7,12H2,1-3H3,(H,22,24,25)/t15-,18-/m1/s1. The van der Waals surface area contributed by atoms with Crippen molar-refractivity contribution in [2.45, 2.75) is 59.0 Å². The van der Waals surface area contributed by atoms with Crippen LogP contribution in [-0.4, -0.2) is 30.1 Å². The molecule has 1 N–H and O–H groups in total. The Kier molecular flexibility index (Phi) is 5.15. The van der Waals surface area contributed by atoms with Crippen LogP contribution in [0.3, 0.4) is 0 Å². The summed E-state index contributed by atoms with van der Waals surface area (Å²) in [5.74, 6) is 2.05. The smallest absolute Gasteiger partial charge is 0.229 e. The lowest BCUT2D eigenvalue weighted by atomic mass is 9.93. The maximum atomic E-state index is 11.9. The van der Waals surface area contributed by atoms with Gasteiger partial charge in [0.1, 0.15) is 11.7 Å². The largest absolute Gasteiger partial charge is 0.332 e. The Morgan fingerprint density at radius 2 is 2.18 bits per heavy atom. The van der Waals surface area contributed by atoms with Crippen molar-refractivity contribution < 1.29 is 4.79 Å². The summed E-state index contributed by atoms with van der Waals surface area (Å²) in [6.45, 7) is 7.74. The summed E-state index contributed by atoms with van der Waals surface area (Å²) in [5.41, 5.74) is 1.74. The number of carbonyl (C=O) groups is 1. The average molecular weight is 380 g/mol. The average Bonchev–Trinajstić information content (AvgIpc) is 3.39. The Hall–Kier alpha value is -2.70. The number of rotatable bonds is 7. The van der Waals surface area contributed by atoms with E-state index in [-0.39, 0.29) is 11.8 Å². The molecular formula is C21H28N6O. The van der Waals surface area contributed by atoms with Crippen LogP contribution >= 0.6 is 0 Å². The van der Waals surface area contributed by atoms with E-state index in [2.05, 4.69) is 53.0 Å². The molecule has 7 nitrogen and oxygen atoms in total. The zero-order valence-corrected chi connectivity index (χ0v) is 16.8. The predicted octanol–water partition coefficient (Wildman–Crippen LogP) is 4.35. The number of fused-ring (bicyclic) bond motifs is 1. The lowest BCUT2D eigenvalue weighted by Gasteiger charge is -2.20. The second-order valence-electron chi connectivity index (χ2n) is 8.06. The Morgan fingerprint density at radius 3 is 2.89 bits per heavy atom. The molecule has 0 amide bonds. The van der Waals surface area contributed by atoms with Gasteiger partial charge < -0.3 is 9.88 Å². The Morgan fingerprint density at radius 1 is 1.32 bits per heavy atom. The van der Waals surface area contributed by atoms with Crippen molar-refractivity contribution in [3.8, 4) is 0 Å². The van der Waals surface area contributed by atoms with E-state index >= 15 is 0 Å². The van der Waals surface area contributed by atoms with Gasteiger partial charge in [-0.25, -0.2) is 4.98 Å². The molecule has 1 aliphatic rings. The number of hydrogen-bond donors (Lipinski definition) is 1. The van der Waals surface area contributed by atoms with Gasteiger partial charge in [0.25, 0.3) is 0 Å². The van der Waals surface area contributed by atoms with E-state index in [0.29, 0.717) is 24.2 Å². The van der Waals surface area contributed by atoms with Gasteiger partial charge in [-0.2, -0.15) is 10.1 Å². The van der Waals surface area contributed by atoms with E-state index in [1.54, 1.807) is 10.9 Å². The lowest BCUT2D eigenvalue weighted by molar-refractivity contribution is -0.120. The number of ketones is 1. The van der Waals surface area contributed by atoms with Gasteiger partial charge in [-0.15, -0.1) is 0 Å². The third kappa shape index (κ3) is 3.66. The van der Waals surface area contributed by atoms with Gasteiger partial charge in [-0.1, -0.05) is 27.2 Å². The quantitative estimate of drug-likeness (QED) is 0.659. The van der Waals surface area contributed by atoms with Gasteiger partial charge in [-0.3, -0.25) is 9.48 Å². The zero-order valence-electron chi connectivity index (χ0n) is 16.8. The summed E-state index contributed by atoms with van der Waals surface area (Å²) >= 11 is 0. The molecule has 28 heavy (non-hydrogen) atoms. The molecule has 0 bridgehead atoms. The third-order valence-corrected chi connectivity index (χ3v) is 5.85. The summed E-state index contributed by atoms with van der Waals surface area (Å²) < 4.78 is 3.98. The fraction of sp³-hybridized carbons (Fsp3) is 0.524.